The molecule has 4 rings (SSSR count). The Labute approximate surface area is 208 Å². The molecule has 2 aromatic carbocycles. The summed E-state index contributed by atoms with van der Waals surface area (Å²) in [5.41, 5.74) is 2.11. The molecule has 0 radical (unpaired) electrons. The van der Waals surface area contributed by atoms with Crippen LogP contribution in [-0.4, -0.2) is 46.3 Å². The standard InChI is InChI=1S/C24H26Cl2N4O2S/c25-20-5-1-17(2-6-20)16-33-14-11-27-24(31)19-9-12-30(13-10-19)15-22-28-23(29-32-22)18-3-7-21(26)8-4-18/h1-8,19H,9-16H2,(H,27,31). The van der Waals surface area contributed by atoms with Crippen LogP contribution in [0.15, 0.2) is 53.1 Å². The monoisotopic (exact) mass is 504 g/mol. The van der Waals surface area contributed by atoms with Gasteiger partial charge in [0.05, 0.1) is 6.54 Å². The number of thioether (sulfide) groups is 1. The Morgan fingerprint density at radius 3 is 2.42 bits per heavy atom. The van der Waals surface area contributed by atoms with Crippen molar-refractivity contribution >= 4 is 40.9 Å². The Hall–Kier alpha value is -2.06. The number of hydrogen-bond donors (Lipinski definition) is 1. The van der Waals surface area contributed by atoms with Gasteiger partial charge in [0.2, 0.25) is 17.6 Å². The number of rotatable bonds is 9. The largest absolute Gasteiger partial charge is 0.355 e. The zero-order valence-electron chi connectivity index (χ0n) is 18.2. The number of nitrogens with zero attached hydrogens (tertiary/aromatic N) is 3. The van der Waals surface area contributed by atoms with Crippen LogP contribution in [0.4, 0.5) is 0 Å². The summed E-state index contributed by atoms with van der Waals surface area (Å²) in [4.78, 5) is 19.3. The maximum atomic E-state index is 12.5. The molecule has 2 heterocycles. The molecule has 1 N–H and O–H groups in total. The van der Waals surface area contributed by atoms with Gasteiger partial charge >= 0.3 is 0 Å². The second-order valence-corrected chi connectivity index (χ2v) is 10.0. The fourth-order valence-electron chi connectivity index (χ4n) is 3.74. The van der Waals surface area contributed by atoms with Gasteiger partial charge in [-0.05, 0) is 67.9 Å². The van der Waals surface area contributed by atoms with Crippen LogP contribution in [0.5, 0.6) is 0 Å². The average molecular weight is 505 g/mol. The van der Waals surface area contributed by atoms with Crippen molar-refractivity contribution in [2.24, 2.45) is 5.92 Å². The Bertz CT molecular complexity index is 1040. The summed E-state index contributed by atoms with van der Waals surface area (Å²) in [5.74, 6) is 3.17. The summed E-state index contributed by atoms with van der Waals surface area (Å²) < 4.78 is 5.42. The summed E-state index contributed by atoms with van der Waals surface area (Å²) in [6.07, 6.45) is 1.67. The molecule has 0 saturated carbocycles. The molecule has 1 fully saturated rings. The molecule has 1 aromatic heterocycles. The minimum Gasteiger partial charge on any atom is -0.355 e. The molecule has 1 aliphatic rings. The van der Waals surface area contributed by atoms with Crippen LogP contribution >= 0.6 is 35.0 Å². The lowest BCUT2D eigenvalue weighted by atomic mass is 9.96. The Morgan fingerprint density at radius 1 is 1.06 bits per heavy atom. The number of amides is 1. The number of aromatic nitrogens is 2. The van der Waals surface area contributed by atoms with Gasteiger partial charge in [0.15, 0.2) is 0 Å². The first-order valence-electron chi connectivity index (χ1n) is 11.0. The number of benzene rings is 2. The van der Waals surface area contributed by atoms with Crippen LogP contribution in [0.1, 0.15) is 24.3 Å². The van der Waals surface area contributed by atoms with E-state index in [9.17, 15) is 4.79 Å². The highest BCUT2D eigenvalue weighted by molar-refractivity contribution is 7.98. The van der Waals surface area contributed by atoms with Crippen LogP contribution < -0.4 is 5.32 Å². The quantitative estimate of drug-likeness (QED) is 0.398. The molecular weight excluding hydrogens is 479 g/mol. The first-order chi connectivity index (χ1) is 16.1. The molecule has 9 heteroatoms. The highest BCUT2D eigenvalue weighted by atomic mass is 35.5. The summed E-state index contributed by atoms with van der Waals surface area (Å²) in [5, 5.41) is 8.58. The second-order valence-electron chi connectivity index (χ2n) is 8.04. The van der Waals surface area contributed by atoms with Gasteiger partial charge in [0.25, 0.3) is 0 Å². The lowest BCUT2D eigenvalue weighted by molar-refractivity contribution is -0.126. The Balaban J connectivity index is 1.13. The lowest BCUT2D eigenvalue weighted by Gasteiger charge is -2.30. The fourth-order valence-corrected chi connectivity index (χ4v) is 4.81. The van der Waals surface area contributed by atoms with Crippen molar-refractivity contribution in [3.63, 3.8) is 0 Å². The van der Waals surface area contributed by atoms with E-state index in [1.54, 1.807) is 12.1 Å². The van der Waals surface area contributed by atoms with E-state index in [-0.39, 0.29) is 11.8 Å². The fraction of sp³-hybridized carbons (Fsp3) is 0.375. The van der Waals surface area contributed by atoms with Crippen molar-refractivity contribution in [3.8, 4) is 11.4 Å². The lowest BCUT2D eigenvalue weighted by Crippen LogP contribution is -2.40. The van der Waals surface area contributed by atoms with E-state index in [1.807, 2.05) is 48.2 Å². The number of carbonyl (C=O) groups is 1. The van der Waals surface area contributed by atoms with Crippen molar-refractivity contribution in [2.45, 2.75) is 25.1 Å². The first-order valence-corrected chi connectivity index (χ1v) is 12.9. The van der Waals surface area contributed by atoms with E-state index in [1.165, 1.54) is 5.56 Å². The zero-order valence-corrected chi connectivity index (χ0v) is 20.5. The van der Waals surface area contributed by atoms with E-state index in [2.05, 4.69) is 20.4 Å². The predicted octanol–water partition coefficient (Wildman–Crippen LogP) is 5.31. The number of piperidine rings is 1. The number of likely N-dealkylation sites (tertiary alicyclic amines) is 1. The van der Waals surface area contributed by atoms with Gasteiger partial charge < -0.3 is 9.84 Å². The third kappa shape index (κ3) is 7.21. The summed E-state index contributed by atoms with van der Waals surface area (Å²) in [6.45, 7) is 2.95. The van der Waals surface area contributed by atoms with Crippen molar-refractivity contribution < 1.29 is 9.32 Å². The molecule has 1 aliphatic heterocycles. The van der Waals surface area contributed by atoms with Crippen LogP contribution in [0.3, 0.4) is 0 Å². The summed E-state index contributed by atoms with van der Waals surface area (Å²) in [6, 6.07) is 15.2. The minimum atomic E-state index is 0.0647. The number of halogens is 2. The molecule has 3 aromatic rings. The van der Waals surface area contributed by atoms with Crippen LogP contribution in [0.25, 0.3) is 11.4 Å². The summed E-state index contributed by atoms with van der Waals surface area (Å²) in [7, 11) is 0. The zero-order chi connectivity index (χ0) is 23.0. The first kappa shape index (κ1) is 24.1. The van der Waals surface area contributed by atoms with E-state index in [0.29, 0.717) is 29.8 Å². The topological polar surface area (TPSA) is 71.3 Å². The Morgan fingerprint density at radius 2 is 1.73 bits per heavy atom. The van der Waals surface area contributed by atoms with Gasteiger partial charge in [-0.3, -0.25) is 9.69 Å². The molecule has 6 nitrogen and oxygen atoms in total. The van der Waals surface area contributed by atoms with Crippen molar-refractivity contribution in [1.29, 1.82) is 0 Å². The molecule has 174 valence electrons. The molecule has 0 unspecified atom stereocenters. The molecular formula is C24H26Cl2N4O2S. The molecule has 0 spiro atoms. The average Bonchev–Trinajstić information content (AvgIpc) is 3.29. The highest BCUT2D eigenvalue weighted by Crippen LogP contribution is 2.22. The molecule has 1 saturated heterocycles. The smallest absolute Gasteiger partial charge is 0.241 e. The second kappa shape index (κ2) is 11.9. The van der Waals surface area contributed by atoms with Gasteiger partial charge in [-0.2, -0.15) is 16.7 Å². The third-order valence-corrected chi connectivity index (χ3v) is 7.15. The van der Waals surface area contributed by atoms with Crippen molar-refractivity contribution in [2.75, 3.05) is 25.4 Å². The molecule has 0 atom stereocenters. The molecule has 0 bridgehead atoms. The molecule has 33 heavy (non-hydrogen) atoms. The van der Waals surface area contributed by atoms with Crippen molar-refractivity contribution in [1.82, 2.24) is 20.4 Å². The van der Waals surface area contributed by atoms with Crippen molar-refractivity contribution in [3.05, 3.63) is 70.0 Å². The van der Waals surface area contributed by atoms with Gasteiger partial charge in [-0.25, -0.2) is 0 Å². The van der Waals surface area contributed by atoms with Gasteiger partial charge in [-0.1, -0.05) is 40.5 Å². The third-order valence-electron chi connectivity index (χ3n) is 5.62. The number of hydrogen-bond acceptors (Lipinski definition) is 6. The minimum absolute atomic E-state index is 0.0647. The maximum absolute atomic E-state index is 12.5. The van der Waals surface area contributed by atoms with Crippen LogP contribution in [-0.2, 0) is 17.1 Å². The van der Waals surface area contributed by atoms with E-state index >= 15 is 0 Å². The van der Waals surface area contributed by atoms with E-state index < -0.39 is 0 Å². The molecule has 1 amide bonds. The number of carbonyl (C=O) groups excluding carboxylic acids is 1. The van der Waals surface area contributed by atoms with Gasteiger partial charge in [0.1, 0.15) is 0 Å². The predicted molar refractivity (Wildman–Crippen MR) is 133 cm³/mol. The maximum Gasteiger partial charge on any atom is 0.241 e. The van der Waals surface area contributed by atoms with Gasteiger partial charge in [-0.15, -0.1) is 0 Å². The SMILES string of the molecule is O=C(NCCSCc1ccc(Cl)cc1)C1CCN(Cc2nc(-c3ccc(Cl)cc3)no2)CC1. The Kier molecular flexibility index (Phi) is 8.67. The number of nitrogens with one attached hydrogen (secondary N) is 1. The highest BCUT2D eigenvalue weighted by Gasteiger charge is 2.25. The van der Waals surface area contributed by atoms with E-state index in [0.717, 1.165) is 48.0 Å². The molecule has 0 aliphatic carbocycles. The van der Waals surface area contributed by atoms with Crippen LogP contribution in [0, 0.1) is 5.92 Å². The van der Waals surface area contributed by atoms with Crippen LogP contribution in [0.2, 0.25) is 10.0 Å². The normalized spacial score (nSPS) is 15.0. The van der Waals surface area contributed by atoms with E-state index in [4.69, 9.17) is 27.7 Å². The van der Waals surface area contributed by atoms with Gasteiger partial charge in [0, 0.05) is 39.6 Å². The summed E-state index contributed by atoms with van der Waals surface area (Å²) >= 11 is 13.7.